The first kappa shape index (κ1) is 25.4. The van der Waals surface area contributed by atoms with Crippen LogP contribution in [0.2, 0.25) is 5.02 Å². The third-order valence-corrected chi connectivity index (χ3v) is 7.16. The second kappa shape index (κ2) is 11.9. The van der Waals surface area contributed by atoms with Crippen molar-refractivity contribution in [2.24, 2.45) is 5.92 Å². The quantitative estimate of drug-likeness (QED) is 0.160. The molecule has 190 valence electrons. The smallest absolute Gasteiger partial charge is 0.232 e. The standard InChI is InChI=1S/C26H26ClN7OS2/c1-17-4-2-13-34(16-17)22-14-23(37-26-28-11-3-12-29-26)32-24(31-22)33-25(36)30-15-20-9-10-21(35-20)18-5-7-19(27)8-6-18/h3,5-12,14,17H,2,4,13,15-16H2,1H3,(H2,30,31,32,33,36). The van der Waals surface area contributed by atoms with Crippen molar-refractivity contribution < 1.29 is 4.42 Å². The Bertz CT molecular complexity index is 1350. The normalized spacial score (nSPS) is 15.4. The highest BCUT2D eigenvalue weighted by Crippen LogP contribution is 2.29. The summed E-state index contributed by atoms with van der Waals surface area (Å²) in [6.45, 7) is 4.61. The summed E-state index contributed by atoms with van der Waals surface area (Å²) in [6, 6.07) is 15.2. The summed E-state index contributed by atoms with van der Waals surface area (Å²) < 4.78 is 5.96. The Balaban J connectivity index is 1.27. The summed E-state index contributed by atoms with van der Waals surface area (Å²) in [5.74, 6) is 3.42. The molecule has 2 N–H and O–H groups in total. The van der Waals surface area contributed by atoms with Crippen LogP contribution in [0.15, 0.2) is 75.5 Å². The Morgan fingerprint density at radius 3 is 2.76 bits per heavy atom. The van der Waals surface area contributed by atoms with Crippen molar-refractivity contribution in [3.8, 4) is 11.3 Å². The molecule has 5 rings (SSSR count). The zero-order valence-electron chi connectivity index (χ0n) is 20.2. The minimum atomic E-state index is 0.403. The molecular weight excluding hydrogens is 526 g/mol. The van der Waals surface area contributed by atoms with E-state index >= 15 is 0 Å². The van der Waals surface area contributed by atoms with Gasteiger partial charge in [-0.15, -0.1) is 0 Å². The summed E-state index contributed by atoms with van der Waals surface area (Å²) in [6.07, 6.45) is 5.80. The number of rotatable bonds is 7. The fourth-order valence-corrected chi connectivity index (χ4v) is 5.07. The Morgan fingerprint density at radius 1 is 1.16 bits per heavy atom. The molecule has 3 aromatic heterocycles. The van der Waals surface area contributed by atoms with E-state index in [-0.39, 0.29) is 0 Å². The average molecular weight is 552 g/mol. The molecule has 4 heterocycles. The van der Waals surface area contributed by atoms with Crippen LogP contribution in [0.1, 0.15) is 25.5 Å². The Labute approximate surface area is 230 Å². The highest BCUT2D eigenvalue weighted by Gasteiger charge is 2.20. The van der Waals surface area contributed by atoms with Gasteiger partial charge < -0.3 is 20.0 Å². The SMILES string of the molecule is CC1CCCN(c2cc(Sc3ncccn3)nc(NC(=S)NCc3ccc(-c4ccc(Cl)cc4)o3)n2)C1. The summed E-state index contributed by atoms with van der Waals surface area (Å²) >= 11 is 12.9. The van der Waals surface area contributed by atoms with Gasteiger partial charge in [-0.1, -0.05) is 18.5 Å². The predicted molar refractivity (Wildman–Crippen MR) is 151 cm³/mol. The maximum Gasteiger partial charge on any atom is 0.232 e. The molecule has 1 aromatic carbocycles. The van der Waals surface area contributed by atoms with Gasteiger partial charge in [0.2, 0.25) is 5.95 Å². The molecule has 1 saturated heterocycles. The molecule has 8 nitrogen and oxygen atoms in total. The first-order valence-corrected chi connectivity index (χ1v) is 13.6. The van der Waals surface area contributed by atoms with Crippen LogP contribution in [0.5, 0.6) is 0 Å². The Hall–Kier alpha value is -3.21. The highest BCUT2D eigenvalue weighted by atomic mass is 35.5. The summed E-state index contributed by atoms with van der Waals surface area (Å²) in [5.41, 5.74) is 0.959. The number of anilines is 2. The van der Waals surface area contributed by atoms with Crippen LogP contribution in [0, 0.1) is 5.92 Å². The second-order valence-electron chi connectivity index (χ2n) is 8.80. The third kappa shape index (κ3) is 6.97. The largest absolute Gasteiger partial charge is 0.459 e. The van der Waals surface area contributed by atoms with Gasteiger partial charge >= 0.3 is 0 Å². The van der Waals surface area contributed by atoms with E-state index in [4.69, 9.17) is 33.2 Å². The lowest BCUT2D eigenvalue weighted by molar-refractivity contribution is 0.444. The number of benzene rings is 1. The Kier molecular flexibility index (Phi) is 8.18. The molecule has 0 spiro atoms. The van der Waals surface area contributed by atoms with Crippen molar-refractivity contribution in [1.82, 2.24) is 25.3 Å². The maximum atomic E-state index is 5.98. The molecule has 1 fully saturated rings. The molecule has 0 aliphatic carbocycles. The van der Waals surface area contributed by atoms with Crippen LogP contribution in [-0.2, 0) is 6.54 Å². The molecule has 0 amide bonds. The van der Waals surface area contributed by atoms with Crippen molar-refractivity contribution in [3.63, 3.8) is 0 Å². The number of piperidine rings is 1. The molecular formula is C26H26ClN7OS2. The molecule has 37 heavy (non-hydrogen) atoms. The molecule has 0 bridgehead atoms. The van der Waals surface area contributed by atoms with Crippen LogP contribution in [-0.4, -0.2) is 38.1 Å². The van der Waals surface area contributed by atoms with Gasteiger partial charge in [-0.3, -0.25) is 0 Å². The lowest BCUT2D eigenvalue weighted by Crippen LogP contribution is -2.35. The zero-order chi connectivity index (χ0) is 25.6. The van der Waals surface area contributed by atoms with Gasteiger partial charge in [0, 0.05) is 42.1 Å². The molecule has 1 aliphatic rings. The zero-order valence-corrected chi connectivity index (χ0v) is 22.6. The van der Waals surface area contributed by atoms with Gasteiger partial charge in [-0.25, -0.2) is 15.0 Å². The number of furan rings is 1. The number of aromatic nitrogens is 4. The van der Waals surface area contributed by atoms with Gasteiger partial charge in [0.1, 0.15) is 22.4 Å². The van der Waals surface area contributed by atoms with Crippen LogP contribution in [0.3, 0.4) is 0 Å². The lowest BCUT2D eigenvalue weighted by atomic mass is 10.0. The predicted octanol–water partition coefficient (Wildman–Crippen LogP) is 6.05. The van der Waals surface area contributed by atoms with Gasteiger partial charge in [-0.05, 0) is 85.2 Å². The van der Waals surface area contributed by atoms with E-state index in [2.05, 4.69) is 37.4 Å². The van der Waals surface area contributed by atoms with E-state index in [1.807, 2.05) is 42.5 Å². The third-order valence-electron chi connectivity index (χ3n) is 5.85. The van der Waals surface area contributed by atoms with Crippen LogP contribution >= 0.6 is 35.6 Å². The number of thiocarbonyl (C=S) groups is 1. The lowest BCUT2D eigenvalue weighted by Gasteiger charge is -2.32. The van der Waals surface area contributed by atoms with E-state index in [0.29, 0.717) is 33.7 Å². The Morgan fingerprint density at radius 2 is 1.97 bits per heavy atom. The molecule has 1 atom stereocenters. The fraction of sp³-hybridized carbons (Fsp3) is 0.269. The maximum absolute atomic E-state index is 5.98. The highest BCUT2D eigenvalue weighted by molar-refractivity contribution is 7.99. The monoisotopic (exact) mass is 551 g/mol. The van der Waals surface area contributed by atoms with Crippen molar-refractivity contribution >= 4 is 52.5 Å². The molecule has 1 unspecified atom stereocenters. The number of nitrogens with one attached hydrogen (secondary N) is 2. The molecule has 0 saturated carbocycles. The number of hydrogen-bond donors (Lipinski definition) is 2. The fourth-order valence-electron chi connectivity index (χ4n) is 4.07. The first-order chi connectivity index (χ1) is 18.0. The second-order valence-corrected chi connectivity index (χ2v) is 10.6. The minimum absolute atomic E-state index is 0.403. The molecule has 11 heteroatoms. The van der Waals surface area contributed by atoms with E-state index < -0.39 is 0 Å². The van der Waals surface area contributed by atoms with Crippen molar-refractivity contribution in [1.29, 1.82) is 0 Å². The van der Waals surface area contributed by atoms with Gasteiger partial charge in [0.05, 0.1) is 6.54 Å². The number of nitrogens with zero attached hydrogens (tertiary/aromatic N) is 5. The number of halogens is 1. The van der Waals surface area contributed by atoms with Crippen molar-refractivity contribution in [2.75, 3.05) is 23.3 Å². The topological polar surface area (TPSA) is 92.0 Å². The first-order valence-electron chi connectivity index (χ1n) is 12.0. The van der Waals surface area contributed by atoms with E-state index in [0.717, 1.165) is 47.4 Å². The van der Waals surface area contributed by atoms with Gasteiger partial charge in [0.25, 0.3) is 0 Å². The summed E-state index contributed by atoms with van der Waals surface area (Å²) in [4.78, 5) is 20.4. The van der Waals surface area contributed by atoms with Crippen LogP contribution in [0.4, 0.5) is 11.8 Å². The van der Waals surface area contributed by atoms with Gasteiger partial charge in [-0.2, -0.15) is 4.98 Å². The number of hydrogen-bond acceptors (Lipinski definition) is 8. The van der Waals surface area contributed by atoms with Gasteiger partial charge in [0.15, 0.2) is 10.3 Å². The van der Waals surface area contributed by atoms with Crippen LogP contribution < -0.4 is 15.5 Å². The van der Waals surface area contributed by atoms with Crippen molar-refractivity contribution in [3.05, 3.63) is 71.7 Å². The van der Waals surface area contributed by atoms with Crippen LogP contribution in [0.25, 0.3) is 11.3 Å². The average Bonchev–Trinajstić information content (AvgIpc) is 3.37. The van der Waals surface area contributed by atoms with Crippen molar-refractivity contribution in [2.45, 2.75) is 36.5 Å². The molecule has 0 radical (unpaired) electrons. The summed E-state index contributed by atoms with van der Waals surface area (Å²) in [7, 11) is 0. The minimum Gasteiger partial charge on any atom is -0.459 e. The van der Waals surface area contributed by atoms with E-state index in [9.17, 15) is 0 Å². The summed E-state index contributed by atoms with van der Waals surface area (Å²) in [5, 5.41) is 8.78. The van der Waals surface area contributed by atoms with E-state index in [1.54, 1.807) is 18.5 Å². The molecule has 1 aliphatic heterocycles. The van der Waals surface area contributed by atoms with E-state index in [1.165, 1.54) is 18.2 Å². The molecule has 4 aromatic rings.